The number of rotatable bonds is 3. The van der Waals surface area contributed by atoms with E-state index in [0.29, 0.717) is 27.7 Å². The number of aryl methyl sites for hydroxylation is 1. The van der Waals surface area contributed by atoms with E-state index in [0.717, 1.165) is 37.2 Å². The van der Waals surface area contributed by atoms with Crippen molar-refractivity contribution in [3.63, 3.8) is 0 Å². The molecule has 152 valence electrons. The highest BCUT2D eigenvalue weighted by molar-refractivity contribution is 6.09. The third kappa shape index (κ3) is 2.83. The fraction of sp³-hybridized carbons (Fsp3) is 0.227. The Hall–Kier alpha value is -3.68. The van der Waals surface area contributed by atoms with Gasteiger partial charge in [0.25, 0.3) is 5.91 Å². The van der Waals surface area contributed by atoms with E-state index in [1.54, 1.807) is 19.2 Å². The fourth-order valence-electron chi connectivity index (χ4n) is 4.14. The van der Waals surface area contributed by atoms with Crippen LogP contribution in [0.1, 0.15) is 28.9 Å². The molecule has 0 fully saturated rings. The molecule has 30 heavy (non-hydrogen) atoms. The first-order valence-electron chi connectivity index (χ1n) is 9.91. The molecule has 1 aliphatic rings. The lowest BCUT2D eigenvalue weighted by molar-refractivity contribution is 0.0964. The van der Waals surface area contributed by atoms with Crippen LogP contribution in [0, 0.1) is 5.82 Å². The van der Waals surface area contributed by atoms with Crippen LogP contribution < -0.4 is 11.1 Å². The third-order valence-electron chi connectivity index (χ3n) is 5.69. The quantitative estimate of drug-likeness (QED) is 0.486. The first-order chi connectivity index (χ1) is 14.6. The summed E-state index contributed by atoms with van der Waals surface area (Å²) >= 11 is 0. The summed E-state index contributed by atoms with van der Waals surface area (Å²) in [5.41, 5.74) is 9.72. The van der Waals surface area contributed by atoms with Crippen molar-refractivity contribution >= 4 is 22.6 Å². The molecule has 0 saturated carbocycles. The molecule has 4 aromatic rings. The Kier molecular flexibility index (Phi) is 4.27. The van der Waals surface area contributed by atoms with Crippen molar-refractivity contribution in [1.82, 2.24) is 24.8 Å². The third-order valence-corrected chi connectivity index (χ3v) is 5.69. The van der Waals surface area contributed by atoms with Crippen LogP contribution in [-0.4, -0.2) is 32.5 Å². The van der Waals surface area contributed by atoms with Crippen LogP contribution in [0.3, 0.4) is 0 Å². The second-order valence-electron chi connectivity index (χ2n) is 7.48. The lowest BCUT2D eigenvalue weighted by Crippen LogP contribution is -2.18. The molecule has 8 heteroatoms. The zero-order chi connectivity index (χ0) is 20.8. The molecule has 0 unspecified atom stereocenters. The van der Waals surface area contributed by atoms with Crippen LogP contribution in [0.4, 0.5) is 10.2 Å². The highest BCUT2D eigenvalue weighted by Crippen LogP contribution is 2.33. The number of benzene rings is 1. The second kappa shape index (κ2) is 6.98. The molecule has 0 spiro atoms. The Labute approximate surface area is 172 Å². The summed E-state index contributed by atoms with van der Waals surface area (Å²) in [6.07, 6.45) is 6.58. The Balaban J connectivity index is 1.58. The number of H-pyrrole nitrogens is 1. The van der Waals surface area contributed by atoms with E-state index in [9.17, 15) is 4.79 Å². The van der Waals surface area contributed by atoms with Crippen LogP contribution in [0.25, 0.3) is 33.5 Å². The minimum absolute atomic E-state index is 0.255. The van der Waals surface area contributed by atoms with Crippen LogP contribution in [0.2, 0.25) is 0 Å². The van der Waals surface area contributed by atoms with Gasteiger partial charge in [0.1, 0.15) is 17.5 Å². The van der Waals surface area contributed by atoms with E-state index in [1.807, 2.05) is 12.3 Å². The van der Waals surface area contributed by atoms with Crippen LogP contribution in [0.15, 0.2) is 36.7 Å². The molecule has 4 N–H and O–H groups in total. The number of nitrogen functional groups attached to an aromatic ring is 1. The molecule has 7 nitrogen and oxygen atoms in total. The average molecular weight is 404 g/mol. The molecule has 5 rings (SSSR count). The van der Waals surface area contributed by atoms with Gasteiger partial charge in [-0.15, -0.1) is 0 Å². The number of imidazole rings is 1. The number of hydrogen-bond donors (Lipinski definition) is 3. The Morgan fingerprint density at radius 1 is 1.23 bits per heavy atom. The topological polar surface area (TPSA) is 102 Å². The van der Waals surface area contributed by atoms with Crippen LogP contribution in [-0.2, 0) is 13.0 Å². The van der Waals surface area contributed by atoms with E-state index in [4.69, 9.17) is 5.73 Å². The SMILES string of the molecule is CNC(=O)c1cnc(N)c2[nH]c(-c3ccc(-c4ncc5n4CCCC5)cc3F)cc12. The first-order valence-corrected chi connectivity index (χ1v) is 9.91. The van der Waals surface area contributed by atoms with Gasteiger partial charge in [-0.1, -0.05) is 6.07 Å². The molecular weight excluding hydrogens is 383 g/mol. The van der Waals surface area contributed by atoms with Crippen molar-refractivity contribution in [2.75, 3.05) is 12.8 Å². The van der Waals surface area contributed by atoms with Gasteiger partial charge in [0, 0.05) is 53.9 Å². The standard InChI is InChI=1S/C22H21FN6O/c1-25-22(30)16-11-26-20(24)19-15(16)9-18(28-19)14-6-5-12(8-17(14)23)21-27-10-13-4-2-3-7-29(13)21/h5-6,8-11,28H,2-4,7H2,1H3,(H2,24,26)(H,25,30). The van der Waals surface area contributed by atoms with E-state index >= 15 is 4.39 Å². The average Bonchev–Trinajstić information content (AvgIpc) is 3.38. The summed E-state index contributed by atoms with van der Waals surface area (Å²) in [5, 5.41) is 3.18. The maximum atomic E-state index is 15.1. The number of anilines is 1. The fourth-order valence-corrected chi connectivity index (χ4v) is 4.14. The summed E-state index contributed by atoms with van der Waals surface area (Å²) in [5.74, 6) is 0.394. The number of hydrogen-bond acceptors (Lipinski definition) is 4. The number of fused-ring (bicyclic) bond motifs is 2. The maximum absolute atomic E-state index is 15.1. The number of aromatic nitrogens is 4. The van der Waals surface area contributed by atoms with Crippen LogP contribution in [0.5, 0.6) is 0 Å². The number of amides is 1. The van der Waals surface area contributed by atoms with Gasteiger partial charge in [0.15, 0.2) is 0 Å². The molecule has 0 radical (unpaired) electrons. The summed E-state index contributed by atoms with van der Waals surface area (Å²) in [7, 11) is 1.55. The maximum Gasteiger partial charge on any atom is 0.253 e. The summed E-state index contributed by atoms with van der Waals surface area (Å²) in [6, 6.07) is 6.83. The van der Waals surface area contributed by atoms with Gasteiger partial charge in [-0.3, -0.25) is 4.79 Å². The van der Waals surface area contributed by atoms with E-state index in [2.05, 4.69) is 24.8 Å². The van der Waals surface area contributed by atoms with Gasteiger partial charge in [-0.2, -0.15) is 0 Å². The van der Waals surface area contributed by atoms with Gasteiger partial charge in [0.2, 0.25) is 0 Å². The second-order valence-corrected chi connectivity index (χ2v) is 7.48. The number of pyridine rings is 1. The van der Waals surface area contributed by atoms with E-state index in [-0.39, 0.29) is 17.5 Å². The summed E-state index contributed by atoms with van der Waals surface area (Å²) < 4.78 is 17.3. The van der Waals surface area contributed by atoms with Crippen molar-refractivity contribution in [3.05, 3.63) is 53.7 Å². The van der Waals surface area contributed by atoms with Gasteiger partial charge < -0.3 is 20.6 Å². The van der Waals surface area contributed by atoms with Crippen molar-refractivity contribution in [2.24, 2.45) is 0 Å². The number of carbonyl (C=O) groups excluding carboxylic acids is 1. The van der Waals surface area contributed by atoms with Crippen LogP contribution >= 0.6 is 0 Å². The Morgan fingerprint density at radius 2 is 2.10 bits per heavy atom. The van der Waals surface area contributed by atoms with Crippen molar-refractivity contribution < 1.29 is 9.18 Å². The van der Waals surface area contributed by atoms with E-state index < -0.39 is 0 Å². The molecule has 1 amide bonds. The number of nitrogens with one attached hydrogen (secondary N) is 2. The van der Waals surface area contributed by atoms with Gasteiger partial charge in [-0.05, 0) is 37.5 Å². The first kappa shape index (κ1) is 18.4. The zero-order valence-corrected chi connectivity index (χ0v) is 16.5. The molecule has 1 aliphatic heterocycles. The number of halogens is 1. The molecule has 1 aromatic carbocycles. The Morgan fingerprint density at radius 3 is 2.90 bits per heavy atom. The number of nitrogens with zero attached hydrogens (tertiary/aromatic N) is 3. The number of carbonyl (C=O) groups is 1. The molecule has 0 aliphatic carbocycles. The van der Waals surface area contributed by atoms with E-state index in [1.165, 1.54) is 18.0 Å². The molecular formula is C22H21FN6O. The number of aromatic amines is 1. The smallest absolute Gasteiger partial charge is 0.253 e. The van der Waals surface area contributed by atoms with Gasteiger partial charge >= 0.3 is 0 Å². The zero-order valence-electron chi connectivity index (χ0n) is 16.5. The summed E-state index contributed by atoms with van der Waals surface area (Å²) in [6.45, 7) is 0.907. The molecule has 0 atom stereocenters. The van der Waals surface area contributed by atoms with Gasteiger partial charge in [0.05, 0.1) is 11.1 Å². The molecule has 0 saturated heterocycles. The summed E-state index contributed by atoms with van der Waals surface area (Å²) in [4.78, 5) is 23.9. The Bertz CT molecular complexity index is 1290. The minimum atomic E-state index is -0.375. The van der Waals surface area contributed by atoms with Crippen molar-refractivity contribution in [3.8, 4) is 22.6 Å². The van der Waals surface area contributed by atoms with Gasteiger partial charge in [-0.25, -0.2) is 14.4 Å². The lowest BCUT2D eigenvalue weighted by Gasteiger charge is -2.16. The van der Waals surface area contributed by atoms with Crippen molar-refractivity contribution in [1.29, 1.82) is 0 Å². The predicted octanol–water partition coefficient (Wildman–Crippen LogP) is 3.51. The van der Waals surface area contributed by atoms with Crippen molar-refractivity contribution in [2.45, 2.75) is 25.8 Å². The lowest BCUT2D eigenvalue weighted by atomic mass is 10.1. The largest absolute Gasteiger partial charge is 0.382 e. The molecule has 0 bridgehead atoms. The molecule has 3 aromatic heterocycles. The highest BCUT2D eigenvalue weighted by atomic mass is 19.1. The monoisotopic (exact) mass is 404 g/mol. The minimum Gasteiger partial charge on any atom is -0.382 e. The predicted molar refractivity (Wildman–Crippen MR) is 113 cm³/mol. The molecule has 4 heterocycles. The highest BCUT2D eigenvalue weighted by Gasteiger charge is 2.19. The number of nitrogens with two attached hydrogens (primary N) is 1. The normalized spacial score (nSPS) is 13.4.